The molecule has 2 aromatic carbocycles. The second-order valence-electron chi connectivity index (χ2n) is 7.35. The zero-order chi connectivity index (χ0) is 20.4. The van der Waals surface area contributed by atoms with Crippen LogP contribution in [-0.2, 0) is 6.54 Å². The van der Waals surface area contributed by atoms with Crippen LogP contribution in [0.25, 0.3) is 10.9 Å². The van der Waals surface area contributed by atoms with Gasteiger partial charge in [-0.25, -0.2) is 18.7 Å². The van der Waals surface area contributed by atoms with Gasteiger partial charge in [-0.05, 0) is 44.0 Å². The number of fused-ring (bicyclic) bond motifs is 1. The van der Waals surface area contributed by atoms with Crippen LogP contribution in [0.1, 0.15) is 24.1 Å². The normalized spacial score (nSPS) is 15.1. The standard InChI is InChI=1S/C22H24F2N4O/c1-14-18-12-17(29-2)6-7-20(18)27-22(26-14)28-10-8-16(9-11-28)25-13-15-4-3-5-19(23)21(15)24/h3-7,12,16,25H,8-11,13H2,1-2H3. The van der Waals surface area contributed by atoms with Crippen LogP contribution >= 0.6 is 0 Å². The number of anilines is 1. The molecule has 2 heterocycles. The first-order chi connectivity index (χ1) is 14.0. The largest absolute Gasteiger partial charge is 0.497 e. The third-order valence-electron chi connectivity index (χ3n) is 5.47. The molecule has 0 aliphatic carbocycles. The molecule has 1 aliphatic heterocycles. The van der Waals surface area contributed by atoms with Gasteiger partial charge in [0.15, 0.2) is 11.6 Å². The summed E-state index contributed by atoms with van der Waals surface area (Å²) >= 11 is 0. The summed E-state index contributed by atoms with van der Waals surface area (Å²) in [4.78, 5) is 11.6. The van der Waals surface area contributed by atoms with Gasteiger partial charge in [0.05, 0.1) is 18.3 Å². The van der Waals surface area contributed by atoms with E-state index in [2.05, 4.69) is 15.2 Å². The first kappa shape index (κ1) is 19.5. The number of ether oxygens (including phenoxy) is 1. The predicted octanol–water partition coefficient (Wildman–Crippen LogP) is 3.98. The average Bonchev–Trinajstić information content (AvgIpc) is 2.75. The lowest BCUT2D eigenvalue weighted by atomic mass is 10.0. The number of aromatic nitrogens is 2. The summed E-state index contributed by atoms with van der Waals surface area (Å²) in [6.45, 7) is 3.92. The van der Waals surface area contributed by atoms with Gasteiger partial charge in [0.1, 0.15) is 5.75 Å². The lowest BCUT2D eigenvalue weighted by Gasteiger charge is -2.32. The summed E-state index contributed by atoms with van der Waals surface area (Å²) < 4.78 is 32.4. The Morgan fingerprint density at radius 3 is 2.69 bits per heavy atom. The van der Waals surface area contributed by atoms with Crippen LogP contribution in [0.4, 0.5) is 14.7 Å². The molecule has 1 aromatic heterocycles. The molecule has 1 N–H and O–H groups in total. The molecular weight excluding hydrogens is 374 g/mol. The van der Waals surface area contributed by atoms with Crippen LogP contribution in [0.15, 0.2) is 36.4 Å². The van der Waals surface area contributed by atoms with E-state index < -0.39 is 11.6 Å². The maximum Gasteiger partial charge on any atom is 0.226 e. The Kier molecular flexibility index (Phi) is 5.58. The molecule has 4 rings (SSSR count). The van der Waals surface area contributed by atoms with Crippen LogP contribution in [0.2, 0.25) is 0 Å². The van der Waals surface area contributed by atoms with Crippen molar-refractivity contribution in [2.24, 2.45) is 0 Å². The molecule has 1 saturated heterocycles. The number of nitrogens with zero attached hydrogens (tertiary/aromatic N) is 3. The van der Waals surface area contributed by atoms with Gasteiger partial charge in [-0.3, -0.25) is 0 Å². The lowest BCUT2D eigenvalue weighted by Crippen LogP contribution is -2.43. The highest BCUT2D eigenvalue weighted by molar-refractivity contribution is 5.83. The van der Waals surface area contributed by atoms with Gasteiger partial charge < -0.3 is 15.0 Å². The Balaban J connectivity index is 1.40. The van der Waals surface area contributed by atoms with E-state index in [1.165, 1.54) is 6.07 Å². The third-order valence-corrected chi connectivity index (χ3v) is 5.47. The molecule has 152 valence electrons. The Bertz CT molecular complexity index is 1020. The quantitative estimate of drug-likeness (QED) is 0.705. The van der Waals surface area contributed by atoms with E-state index in [1.807, 2.05) is 25.1 Å². The molecule has 1 fully saturated rings. The molecule has 0 amide bonds. The van der Waals surface area contributed by atoms with Crippen molar-refractivity contribution in [2.45, 2.75) is 32.4 Å². The van der Waals surface area contributed by atoms with E-state index in [1.54, 1.807) is 13.2 Å². The van der Waals surface area contributed by atoms with Crippen molar-refractivity contribution in [2.75, 3.05) is 25.1 Å². The summed E-state index contributed by atoms with van der Waals surface area (Å²) in [6, 6.07) is 10.3. The number of piperidine rings is 1. The Morgan fingerprint density at radius 1 is 1.14 bits per heavy atom. The van der Waals surface area contributed by atoms with Crippen molar-refractivity contribution in [1.29, 1.82) is 0 Å². The number of nitrogens with one attached hydrogen (secondary N) is 1. The number of hydrogen-bond donors (Lipinski definition) is 1. The molecule has 3 aromatic rings. The number of benzene rings is 2. The first-order valence-corrected chi connectivity index (χ1v) is 9.79. The van der Waals surface area contributed by atoms with Gasteiger partial charge >= 0.3 is 0 Å². The average molecular weight is 398 g/mol. The molecule has 0 atom stereocenters. The van der Waals surface area contributed by atoms with Crippen LogP contribution in [0.5, 0.6) is 5.75 Å². The Hall–Kier alpha value is -2.80. The second-order valence-corrected chi connectivity index (χ2v) is 7.35. The monoisotopic (exact) mass is 398 g/mol. The Morgan fingerprint density at radius 2 is 1.93 bits per heavy atom. The summed E-state index contributed by atoms with van der Waals surface area (Å²) in [5.41, 5.74) is 2.18. The summed E-state index contributed by atoms with van der Waals surface area (Å²) in [6.07, 6.45) is 1.78. The highest BCUT2D eigenvalue weighted by Crippen LogP contribution is 2.25. The highest BCUT2D eigenvalue weighted by Gasteiger charge is 2.22. The minimum Gasteiger partial charge on any atom is -0.497 e. The van der Waals surface area contributed by atoms with Crippen molar-refractivity contribution < 1.29 is 13.5 Å². The van der Waals surface area contributed by atoms with Gasteiger partial charge in [0, 0.05) is 36.6 Å². The summed E-state index contributed by atoms with van der Waals surface area (Å²) in [7, 11) is 1.65. The molecule has 0 bridgehead atoms. The van der Waals surface area contributed by atoms with Gasteiger partial charge in [-0.1, -0.05) is 12.1 Å². The van der Waals surface area contributed by atoms with Crippen molar-refractivity contribution in [3.63, 3.8) is 0 Å². The summed E-state index contributed by atoms with van der Waals surface area (Å²) in [5.74, 6) is -0.0527. The van der Waals surface area contributed by atoms with Crippen molar-refractivity contribution >= 4 is 16.9 Å². The minimum atomic E-state index is -0.805. The highest BCUT2D eigenvalue weighted by atomic mass is 19.2. The molecule has 29 heavy (non-hydrogen) atoms. The smallest absolute Gasteiger partial charge is 0.226 e. The number of hydrogen-bond acceptors (Lipinski definition) is 5. The van der Waals surface area contributed by atoms with Gasteiger partial charge in [-0.15, -0.1) is 0 Å². The molecule has 7 heteroatoms. The zero-order valence-electron chi connectivity index (χ0n) is 16.6. The van der Waals surface area contributed by atoms with E-state index in [0.29, 0.717) is 12.1 Å². The van der Waals surface area contributed by atoms with Gasteiger partial charge in [0.2, 0.25) is 5.95 Å². The molecule has 0 radical (unpaired) electrons. The van der Waals surface area contributed by atoms with Gasteiger partial charge in [-0.2, -0.15) is 0 Å². The van der Waals surface area contributed by atoms with E-state index in [0.717, 1.165) is 60.3 Å². The van der Waals surface area contributed by atoms with E-state index >= 15 is 0 Å². The fourth-order valence-electron chi connectivity index (χ4n) is 3.74. The van der Waals surface area contributed by atoms with Crippen molar-refractivity contribution in [3.05, 3.63) is 59.3 Å². The van der Waals surface area contributed by atoms with Gasteiger partial charge in [0.25, 0.3) is 0 Å². The topological polar surface area (TPSA) is 50.3 Å². The lowest BCUT2D eigenvalue weighted by molar-refractivity contribution is 0.404. The minimum absolute atomic E-state index is 0.250. The van der Waals surface area contributed by atoms with Crippen LogP contribution in [0.3, 0.4) is 0 Å². The van der Waals surface area contributed by atoms with E-state index in [9.17, 15) is 8.78 Å². The van der Waals surface area contributed by atoms with Crippen molar-refractivity contribution in [1.82, 2.24) is 15.3 Å². The number of aryl methyl sites for hydroxylation is 1. The van der Waals surface area contributed by atoms with E-state index in [4.69, 9.17) is 9.72 Å². The van der Waals surface area contributed by atoms with Crippen LogP contribution in [0, 0.1) is 18.6 Å². The van der Waals surface area contributed by atoms with Crippen LogP contribution in [-0.4, -0.2) is 36.2 Å². The molecule has 5 nitrogen and oxygen atoms in total. The second kappa shape index (κ2) is 8.29. The summed E-state index contributed by atoms with van der Waals surface area (Å²) in [5, 5.41) is 4.33. The van der Waals surface area contributed by atoms with E-state index in [-0.39, 0.29) is 6.04 Å². The Labute approximate surface area is 168 Å². The van der Waals surface area contributed by atoms with Crippen LogP contribution < -0.4 is 15.0 Å². The SMILES string of the molecule is COc1ccc2nc(N3CCC(NCc4cccc(F)c4F)CC3)nc(C)c2c1. The third kappa shape index (κ3) is 4.15. The number of halogens is 2. The predicted molar refractivity (Wildman–Crippen MR) is 109 cm³/mol. The fourth-order valence-corrected chi connectivity index (χ4v) is 3.74. The molecule has 0 unspecified atom stereocenters. The van der Waals surface area contributed by atoms with Crippen molar-refractivity contribution in [3.8, 4) is 5.75 Å². The fraction of sp³-hybridized carbons (Fsp3) is 0.364. The molecule has 1 aliphatic rings. The maximum atomic E-state index is 13.8. The molecule has 0 saturated carbocycles. The molecular formula is C22H24F2N4O. The number of rotatable bonds is 5. The first-order valence-electron chi connectivity index (χ1n) is 9.79. The maximum absolute atomic E-state index is 13.8. The molecule has 0 spiro atoms. The zero-order valence-corrected chi connectivity index (χ0v) is 16.6. The number of methoxy groups -OCH3 is 1.